The molecule has 1 saturated heterocycles. The molecule has 3 heteroatoms. The second-order valence-corrected chi connectivity index (χ2v) is 5.41. The minimum Gasteiger partial charge on any atom is -0.444 e. The van der Waals surface area contributed by atoms with E-state index in [1.165, 1.54) is 0 Å². The summed E-state index contributed by atoms with van der Waals surface area (Å²) >= 11 is 0. The van der Waals surface area contributed by atoms with Gasteiger partial charge in [0.2, 0.25) is 0 Å². The summed E-state index contributed by atoms with van der Waals surface area (Å²) in [5, 5.41) is 0. The average molecular weight is 223 g/mol. The number of nitrogens with zero attached hydrogens (tertiary/aromatic N) is 1. The fourth-order valence-electron chi connectivity index (χ4n) is 1.92. The molecule has 1 aliphatic heterocycles. The predicted molar refractivity (Wildman–Crippen MR) is 64.0 cm³/mol. The molecule has 90 valence electrons. The quantitative estimate of drug-likeness (QED) is 0.591. The molecule has 1 fully saturated rings. The number of piperidine rings is 1. The summed E-state index contributed by atoms with van der Waals surface area (Å²) in [4.78, 5) is 13.6. The predicted octanol–water partition coefficient (Wildman–Crippen LogP) is 2.66. The van der Waals surface area contributed by atoms with Crippen molar-refractivity contribution in [3.63, 3.8) is 0 Å². The van der Waals surface area contributed by atoms with E-state index in [9.17, 15) is 4.79 Å². The van der Waals surface area contributed by atoms with Gasteiger partial charge in [-0.1, -0.05) is 0 Å². The molecule has 0 aromatic carbocycles. The van der Waals surface area contributed by atoms with Gasteiger partial charge >= 0.3 is 6.09 Å². The average Bonchev–Trinajstić information content (AvgIpc) is 2.14. The van der Waals surface area contributed by atoms with E-state index >= 15 is 0 Å². The first kappa shape index (κ1) is 12.9. The van der Waals surface area contributed by atoms with Crippen molar-refractivity contribution >= 4 is 6.09 Å². The molecular formula is C13H21NO2. The van der Waals surface area contributed by atoms with Gasteiger partial charge in [-0.2, -0.15) is 0 Å². The zero-order chi connectivity index (χ0) is 12.3. The number of carbonyl (C=O) groups excluding carboxylic acids is 1. The highest BCUT2D eigenvalue weighted by Gasteiger charge is 2.30. The summed E-state index contributed by atoms with van der Waals surface area (Å²) in [5.74, 6) is 3.06. The van der Waals surface area contributed by atoms with Crippen molar-refractivity contribution in [3.05, 3.63) is 0 Å². The van der Waals surface area contributed by atoms with E-state index in [0.29, 0.717) is 12.5 Å². The van der Waals surface area contributed by atoms with Crippen molar-refractivity contribution < 1.29 is 9.53 Å². The number of amides is 1. The Balaban J connectivity index is 2.56. The van der Waals surface area contributed by atoms with Gasteiger partial charge in [0.1, 0.15) is 5.60 Å². The van der Waals surface area contributed by atoms with Gasteiger partial charge in [-0.3, -0.25) is 0 Å². The molecular weight excluding hydrogens is 202 g/mol. The van der Waals surface area contributed by atoms with Crippen molar-refractivity contribution in [2.45, 2.75) is 52.2 Å². The number of hydrogen-bond donors (Lipinski definition) is 0. The molecule has 0 saturated carbocycles. The molecule has 0 aromatic rings. The third-order valence-electron chi connectivity index (χ3n) is 2.74. The lowest BCUT2D eigenvalue weighted by Gasteiger charge is -2.36. The van der Waals surface area contributed by atoms with Gasteiger partial charge in [0.25, 0.3) is 0 Å². The Morgan fingerprint density at radius 1 is 1.50 bits per heavy atom. The van der Waals surface area contributed by atoms with Crippen LogP contribution in [0.5, 0.6) is 0 Å². The van der Waals surface area contributed by atoms with Gasteiger partial charge in [-0.15, -0.1) is 12.3 Å². The van der Waals surface area contributed by atoms with Crippen molar-refractivity contribution in [1.82, 2.24) is 4.90 Å². The summed E-state index contributed by atoms with van der Waals surface area (Å²) in [5.41, 5.74) is -0.431. The topological polar surface area (TPSA) is 29.5 Å². The Kier molecular flexibility index (Phi) is 3.85. The van der Waals surface area contributed by atoms with Crippen LogP contribution in [-0.2, 0) is 4.74 Å². The Hall–Kier alpha value is -1.17. The summed E-state index contributed by atoms with van der Waals surface area (Å²) in [6.07, 6.45) is 6.92. The Labute approximate surface area is 98.1 Å². The monoisotopic (exact) mass is 223 g/mol. The molecule has 0 unspecified atom stereocenters. The maximum absolute atomic E-state index is 11.9. The van der Waals surface area contributed by atoms with E-state index < -0.39 is 5.60 Å². The first-order chi connectivity index (χ1) is 7.33. The third kappa shape index (κ3) is 3.44. The van der Waals surface area contributed by atoms with Crippen LogP contribution in [0.15, 0.2) is 0 Å². The van der Waals surface area contributed by atoms with E-state index in [2.05, 4.69) is 5.92 Å². The van der Waals surface area contributed by atoms with Crippen LogP contribution in [0.4, 0.5) is 4.79 Å². The second-order valence-electron chi connectivity index (χ2n) is 5.41. The van der Waals surface area contributed by atoms with E-state index in [1.54, 1.807) is 4.90 Å². The highest BCUT2D eigenvalue weighted by Crippen LogP contribution is 2.23. The fraction of sp³-hybridized carbons (Fsp3) is 0.769. The van der Waals surface area contributed by atoms with Crippen LogP contribution in [0.25, 0.3) is 0 Å². The molecule has 3 nitrogen and oxygen atoms in total. The molecule has 1 heterocycles. The van der Waals surface area contributed by atoms with Crippen LogP contribution in [0.1, 0.15) is 40.5 Å². The van der Waals surface area contributed by atoms with Gasteiger partial charge in [0.15, 0.2) is 0 Å². The zero-order valence-electron chi connectivity index (χ0n) is 10.6. The van der Waals surface area contributed by atoms with E-state index in [0.717, 1.165) is 12.8 Å². The molecule has 0 radical (unpaired) electrons. The highest BCUT2D eigenvalue weighted by molar-refractivity contribution is 5.68. The van der Waals surface area contributed by atoms with Gasteiger partial charge in [0, 0.05) is 18.5 Å². The molecule has 16 heavy (non-hydrogen) atoms. The maximum atomic E-state index is 11.9. The van der Waals surface area contributed by atoms with Crippen LogP contribution in [0.2, 0.25) is 0 Å². The lowest BCUT2D eigenvalue weighted by atomic mass is 9.93. The van der Waals surface area contributed by atoms with Gasteiger partial charge < -0.3 is 9.64 Å². The molecule has 0 spiro atoms. The molecule has 1 amide bonds. The minimum absolute atomic E-state index is 0.171. The standard InChI is InChI=1S/C13H21NO2/c1-6-11-7-8-14(10(2)9-11)12(15)16-13(3,4)5/h1,10-11H,7-9H2,2-5H3/t10-,11-/m0/s1. The van der Waals surface area contributed by atoms with Crippen LogP contribution in [0, 0.1) is 18.3 Å². The number of rotatable bonds is 0. The second kappa shape index (κ2) is 4.78. The van der Waals surface area contributed by atoms with E-state index in [1.807, 2.05) is 27.7 Å². The Morgan fingerprint density at radius 3 is 2.56 bits per heavy atom. The minimum atomic E-state index is -0.431. The number of hydrogen-bond acceptors (Lipinski definition) is 2. The Bertz CT molecular complexity index is 298. The first-order valence-corrected chi connectivity index (χ1v) is 5.79. The van der Waals surface area contributed by atoms with Crippen molar-refractivity contribution in [2.24, 2.45) is 5.92 Å². The lowest BCUT2D eigenvalue weighted by Crippen LogP contribution is -2.46. The summed E-state index contributed by atoms with van der Waals surface area (Å²) < 4.78 is 5.35. The van der Waals surface area contributed by atoms with Crippen molar-refractivity contribution in [1.29, 1.82) is 0 Å². The molecule has 2 atom stereocenters. The van der Waals surface area contributed by atoms with Crippen molar-refractivity contribution in [3.8, 4) is 12.3 Å². The smallest absolute Gasteiger partial charge is 0.410 e. The number of likely N-dealkylation sites (tertiary alicyclic amines) is 1. The molecule has 0 aromatic heterocycles. The fourth-order valence-corrected chi connectivity index (χ4v) is 1.92. The van der Waals surface area contributed by atoms with Crippen molar-refractivity contribution in [2.75, 3.05) is 6.54 Å². The lowest BCUT2D eigenvalue weighted by molar-refractivity contribution is 0.00956. The third-order valence-corrected chi connectivity index (χ3v) is 2.74. The highest BCUT2D eigenvalue weighted by atomic mass is 16.6. The number of carbonyl (C=O) groups is 1. The largest absolute Gasteiger partial charge is 0.444 e. The number of terminal acetylenes is 1. The summed E-state index contributed by atoms with van der Waals surface area (Å²) in [6.45, 7) is 8.36. The van der Waals surface area contributed by atoms with Gasteiger partial charge in [0.05, 0.1) is 0 Å². The van der Waals surface area contributed by atoms with Crippen LogP contribution >= 0.6 is 0 Å². The molecule has 1 aliphatic rings. The normalized spacial score (nSPS) is 26.1. The molecule has 0 N–H and O–H groups in total. The van der Waals surface area contributed by atoms with Crippen LogP contribution < -0.4 is 0 Å². The SMILES string of the molecule is C#C[C@H]1CCN(C(=O)OC(C)(C)C)[C@@H](C)C1. The Morgan fingerprint density at radius 2 is 2.12 bits per heavy atom. The maximum Gasteiger partial charge on any atom is 0.410 e. The summed E-state index contributed by atoms with van der Waals surface area (Å²) in [7, 11) is 0. The van der Waals surface area contributed by atoms with Crippen LogP contribution in [-0.4, -0.2) is 29.2 Å². The van der Waals surface area contributed by atoms with E-state index in [4.69, 9.17) is 11.2 Å². The zero-order valence-corrected chi connectivity index (χ0v) is 10.6. The van der Waals surface area contributed by atoms with E-state index in [-0.39, 0.29) is 12.1 Å². The first-order valence-electron chi connectivity index (χ1n) is 5.79. The number of ether oxygens (including phenoxy) is 1. The molecule has 0 bridgehead atoms. The van der Waals surface area contributed by atoms with Gasteiger partial charge in [-0.05, 0) is 40.5 Å². The molecule has 1 rings (SSSR count). The molecule has 0 aliphatic carbocycles. The summed E-state index contributed by atoms with van der Waals surface area (Å²) in [6, 6.07) is 0.171. The van der Waals surface area contributed by atoms with Crippen LogP contribution in [0.3, 0.4) is 0 Å². The van der Waals surface area contributed by atoms with Gasteiger partial charge in [-0.25, -0.2) is 4.79 Å².